The van der Waals surface area contributed by atoms with E-state index in [2.05, 4.69) is 0 Å². The van der Waals surface area contributed by atoms with Crippen LogP contribution in [0.15, 0.2) is 42.5 Å². The molecule has 1 saturated heterocycles. The molecule has 1 amide bonds. The van der Waals surface area contributed by atoms with Gasteiger partial charge >= 0.3 is 6.09 Å². The van der Waals surface area contributed by atoms with Gasteiger partial charge in [0.15, 0.2) is 17.8 Å². The summed E-state index contributed by atoms with van der Waals surface area (Å²) in [6.45, 7) is 6.24. The molecule has 1 atom stereocenters. The summed E-state index contributed by atoms with van der Waals surface area (Å²) in [4.78, 5) is 14.2. The first-order valence-corrected chi connectivity index (χ1v) is 10.3. The maximum atomic E-state index is 14.0. The molecule has 1 aliphatic heterocycles. The second-order valence-electron chi connectivity index (χ2n) is 8.44. The summed E-state index contributed by atoms with van der Waals surface area (Å²) in [5.74, 6) is 0.0947. The number of nitrogens with zero attached hydrogens (tertiary/aromatic N) is 2. The predicted octanol–water partition coefficient (Wildman–Crippen LogP) is 5.40. The lowest BCUT2D eigenvalue weighted by Gasteiger charge is -2.36. The fourth-order valence-corrected chi connectivity index (χ4v) is 3.27. The van der Waals surface area contributed by atoms with Crippen LogP contribution in [0.2, 0.25) is 0 Å². The van der Waals surface area contributed by atoms with Crippen LogP contribution in [-0.4, -0.2) is 29.4 Å². The summed E-state index contributed by atoms with van der Waals surface area (Å²) in [7, 11) is 0. The van der Waals surface area contributed by atoms with Gasteiger partial charge in [-0.25, -0.2) is 9.18 Å². The van der Waals surface area contributed by atoms with Crippen molar-refractivity contribution >= 4 is 6.09 Å². The van der Waals surface area contributed by atoms with Gasteiger partial charge in [0.1, 0.15) is 18.0 Å². The Bertz CT molecular complexity index is 965. The van der Waals surface area contributed by atoms with Crippen LogP contribution in [0.3, 0.4) is 0 Å². The highest BCUT2D eigenvalue weighted by molar-refractivity contribution is 5.68. The van der Waals surface area contributed by atoms with Gasteiger partial charge in [-0.2, -0.15) is 5.26 Å². The van der Waals surface area contributed by atoms with E-state index in [9.17, 15) is 9.18 Å². The molecule has 0 aliphatic carbocycles. The first-order chi connectivity index (χ1) is 14.7. The second-order valence-corrected chi connectivity index (χ2v) is 8.44. The van der Waals surface area contributed by atoms with Gasteiger partial charge in [0, 0.05) is 13.0 Å². The number of hydrogen-bond donors (Lipinski definition) is 0. The molecule has 1 aliphatic rings. The largest absolute Gasteiger partial charge is 0.486 e. The van der Waals surface area contributed by atoms with Crippen molar-refractivity contribution in [2.24, 2.45) is 0 Å². The van der Waals surface area contributed by atoms with Crippen LogP contribution >= 0.6 is 0 Å². The number of carbonyl (C=O) groups excluding carboxylic acids is 1. The van der Waals surface area contributed by atoms with Crippen LogP contribution in [0.1, 0.15) is 51.2 Å². The molecular formula is C24H27FN2O4. The van der Waals surface area contributed by atoms with E-state index in [1.165, 1.54) is 12.1 Å². The predicted molar refractivity (Wildman–Crippen MR) is 113 cm³/mol. The molecule has 1 unspecified atom stereocenters. The third kappa shape index (κ3) is 6.35. The minimum Gasteiger partial charge on any atom is -0.486 e. The number of rotatable bonds is 5. The Morgan fingerprint density at radius 3 is 2.74 bits per heavy atom. The Hall–Kier alpha value is -3.27. The SMILES string of the molecule is CC(C)(C)OC(=O)N1CCCCC1Oc1cccc(COc2ccc(C#N)cc2F)c1. The molecule has 31 heavy (non-hydrogen) atoms. The smallest absolute Gasteiger partial charge is 0.413 e. The Morgan fingerprint density at radius 2 is 2.03 bits per heavy atom. The van der Waals surface area contributed by atoms with E-state index in [-0.39, 0.29) is 24.0 Å². The number of halogens is 1. The molecule has 164 valence electrons. The Kier molecular flexibility index (Phi) is 7.01. The maximum absolute atomic E-state index is 14.0. The molecule has 3 rings (SSSR count). The summed E-state index contributed by atoms with van der Waals surface area (Å²) >= 11 is 0. The molecular weight excluding hydrogens is 399 g/mol. The van der Waals surface area contributed by atoms with Crippen molar-refractivity contribution in [2.75, 3.05) is 6.54 Å². The summed E-state index contributed by atoms with van der Waals surface area (Å²) in [5, 5.41) is 8.83. The minimum absolute atomic E-state index is 0.0775. The zero-order chi connectivity index (χ0) is 22.4. The molecule has 0 radical (unpaired) electrons. The van der Waals surface area contributed by atoms with Crippen molar-refractivity contribution in [3.05, 3.63) is 59.4 Å². The molecule has 1 fully saturated rings. The normalized spacial score (nSPS) is 16.4. The summed E-state index contributed by atoms with van der Waals surface area (Å²) < 4.78 is 31.2. The topological polar surface area (TPSA) is 71.8 Å². The van der Waals surface area contributed by atoms with E-state index in [1.807, 2.05) is 51.1 Å². The highest BCUT2D eigenvalue weighted by atomic mass is 19.1. The zero-order valence-electron chi connectivity index (χ0n) is 18.1. The van der Waals surface area contributed by atoms with Crippen LogP contribution in [0.25, 0.3) is 0 Å². The van der Waals surface area contributed by atoms with Gasteiger partial charge in [-0.05, 0) is 69.5 Å². The molecule has 7 heteroatoms. The Morgan fingerprint density at radius 1 is 1.23 bits per heavy atom. The van der Waals surface area contributed by atoms with Crippen LogP contribution < -0.4 is 9.47 Å². The zero-order valence-corrected chi connectivity index (χ0v) is 18.1. The summed E-state index contributed by atoms with van der Waals surface area (Å²) in [6.07, 6.45) is 1.80. The van der Waals surface area contributed by atoms with Crippen molar-refractivity contribution in [2.45, 2.75) is 58.5 Å². The monoisotopic (exact) mass is 426 g/mol. The van der Waals surface area contributed by atoms with E-state index >= 15 is 0 Å². The van der Waals surface area contributed by atoms with Crippen LogP contribution in [-0.2, 0) is 11.3 Å². The molecule has 2 aromatic carbocycles. The number of carbonyl (C=O) groups is 1. The third-order valence-electron chi connectivity index (χ3n) is 4.70. The molecule has 6 nitrogen and oxygen atoms in total. The van der Waals surface area contributed by atoms with Crippen molar-refractivity contribution in [1.82, 2.24) is 4.90 Å². The van der Waals surface area contributed by atoms with Gasteiger partial charge in [0.25, 0.3) is 0 Å². The maximum Gasteiger partial charge on any atom is 0.413 e. The lowest BCUT2D eigenvalue weighted by Crippen LogP contribution is -2.48. The Balaban J connectivity index is 1.65. The number of amides is 1. The van der Waals surface area contributed by atoms with E-state index in [1.54, 1.807) is 4.90 Å². The number of ether oxygens (including phenoxy) is 3. The third-order valence-corrected chi connectivity index (χ3v) is 4.70. The quantitative estimate of drug-likeness (QED) is 0.640. The number of hydrogen-bond acceptors (Lipinski definition) is 5. The van der Waals surface area contributed by atoms with Crippen LogP contribution in [0.4, 0.5) is 9.18 Å². The van der Waals surface area contributed by atoms with Crippen molar-refractivity contribution in [1.29, 1.82) is 5.26 Å². The first-order valence-electron chi connectivity index (χ1n) is 10.3. The lowest BCUT2D eigenvalue weighted by molar-refractivity contribution is -0.0342. The number of benzene rings is 2. The average Bonchev–Trinajstić information content (AvgIpc) is 2.72. The first kappa shape index (κ1) is 22.4. The van der Waals surface area contributed by atoms with E-state index in [0.717, 1.165) is 30.9 Å². The van der Waals surface area contributed by atoms with Gasteiger partial charge < -0.3 is 14.2 Å². The van der Waals surface area contributed by atoms with Crippen molar-refractivity contribution in [3.8, 4) is 17.6 Å². The van der Waals surface area contributed by atoms with E-state index in [0.29, 0.717) is 12.3 Å². The molecule has 0 N–H and O–H groups in total. The fraction of sp³-hybridized carbons (Fsp3) is 0.417. The lowest BCUT2D eigenvalue weighted by atomic mass is 10.1. The summed E-state index contributed by atoms with van der Waals surface area (Å²) in [5.41, 5.74) is 0.458. The van der Waals surface area contributed by atoms with E-state index < -0.39 is 17.6 Å². The second kappa shape index (κ2) is 9.69. The van der Waals surface area contributed by atoms with Gasteiger partial charge in [0.05, 0.1) is 11.6 Å². The fourth-order valence-electron chi connectivity index (χ4n) is 3.27. The van der Waals surface area contributed by atoms with Gasteiger partial charge in [0.2, 0.25) is 0 Å². The molecule has 0 bridgehead atoms. The number of likely N-dealkylation sites (tertiary alicyclic amines) is 1. The Labute approximate surface area is 182 Å². The highest BCUT2D eigenvalue weighted by Gasteiger charge is 2.31. The standard InChI is InChI=1S/C24H27FN2O4/c1-24(2,3)31-23(28)27-12-5-4-9-22(27)30-19-8-6-7-18(13-19)16-29-21-11-10-17(15-26)14-20(21)25/h6-8,10-11,13-14,22H,4-5,9,12,16H2,1-3H3. The van der Waals surface area contributed by atoms with Crippen LogP contribution in [0.5, 0.6) is 11.5 Å². The van der Waals surface area contributed by atoms with Crippen LogP contribution in [0, 0.1) is 17.1 Å². The van der Waals surface area contributed by atoms with Gasteiger partial charge in [-0.1, -0.05) is 12.1 Å². The molecule has 0 saturated carbocycles. The summed E-state index contributed by atoms with van der Waals surface area (Å²) in [6, 6.07) is 13.3. The average molecular weight is 426 g/mol. The number of piperidine rings is 1. The van der Waals surface area contributed by atoms with Gasteiger partial charge in [-0.15, -0.1) is 0 Å². The minimum atomic E-state index is -0.582. The number of nitriles is 1. The highest BCUT2D eigenvalue weighted by Crippen LogP contribution is 2.25. The molecule has 1 heterocycles. The van der Waals surface area contributed by atoms with Crippen molar-refractivity contribution < 1.29 is 23.4 Å². The molecule has 2 aromatic rings. The van der Waals surface area contributed by atoms with Crippen molar-refractivity contribution in [3.63, 3.8) is 0 Å². The molecule has 0 aromatic heterocycles. The van der Waals surface area contributed by atoms with Gasteiger partial charge in [-0.3, -0.25) is 4.90 Å². The molecule has 0 spiro atoms. The van der Waals surface area contributed by atoms with E-state index in [4.69, 9.17) is 19.5 Å².